The summed E-state index contributed by atoms with van der Waals surface area (Å²) in [5.41, 5.74) is -1.79. The molecule has 0 spiro atoms. The van der Waals surface area contributed by atoms with E-state index in [9.17, 15) is 18.3 Å². The minimum Gasteiger partial charge on any atom is -0.379 e. The Kier molecular flexibility index (Phi) is 3.91. The van der Waals surface area contributed by atoms with E-state index in [-0.39, 0.29) is 12.8 Å². The summed E-state index contributed by atoms with van der Waals surface area (Å²) in [5, 5.41) is 21.4. The van der Waals surface area contributed by atoms with Gasteiger partial charge in [-0.2, -0.15) is 18.4 Å². The lowest BCUT2D eigenvalue weighted by atomic mass is 9.79. The summed E-state index contributed by atoms with van der Waals surface area (Å²) in [6.45, 7) is 0. The Morgan fingerprint density at radius 3 is 2.45 bits per heavy atom. The molecule has 0 unspecified atom stereocenters. The van der Waals surface area contributed by atoms with Crippen molar-refractivity contribution >= 4 is 5.69 Å². The van der Waals surface area contributed by atoms with Crippen molar-refractivity contribution in [2.45, 2.75) is 43.5 Å². The first-order valence-corrected chi connectivity index (χ1v) is 6.42. The molecule has 1 aromatic rings. The molecule has 0 radical (unpaired) electrons. The third-order valence-corrected chi connectivity index (χ3v) is 3.72. The topological polar surface area (TPSA) is 56.0 Å². The average molecular weight is 284 g/mol. The van der Waals surface area contributed by atoms with Gasteiger partial charge >= 0.3 is 6.18 Å². The summed E-state index contributed by atoms with van der Waals surface area (Å²) >= 11 is 0. The molecule has 0 bridgehead atoms. The number of alkyl halides is 3. The Morgan fingerprint density at radius 1 is 1.25 bits per heavy atom. The van der Waals surface area contributed by atoms with Crippen molar-refractivity contribution in [3.63, 3.8) is 0 Å². The Labute approximate surface area is 115 Å². The highest BCUT2D eigenvalue weighted by Crippen LogP contribution is 2.42. The Hall–Kier alpha value is -1.74. The van der Waals surface area contributed by atoms with Crippen molar-refractivity contribution in [3.05, 3.63) is 29.8 Å². The maximum absolute atomic E-state index is 13.1. The predicted octanol–water partition coefficient (Wildman–Crippen LogP) is 3.21. The van der Waals surface area contributed by atoms with Crippen LogP contribution in [0.2, 0.25) is 0 Å². The molecule has 3 nitrogen and oxygen atoms in total. The lowest BCUT2D eigenvalue weighted by Crippen LogP contribution is -2.58. The van der Waals surface area contributed by atoms with E-state index < -0.39 is 17.8 Å². The predicted molar refractivity (Wildman–Crippen MR) is 68.0 cm³/mol. The van der Waals surface area contributed by atoms with Crippen molar-refractivity contribution in [2.75, 3.05) is 5.32 Å². The highest BCUT2D eigenvalue weighted by atomic mass is 19.4. The fourth-order valence-corrected chi connectivity index (χ4v) is 2.53. The lowest BCUT2D eigenvalue weighted by molar-refractivity contribution is -0.272. The van der Waals surface area contributed by atoms with Crippen LogP contribution >= 0.6 is 0 Å². The van der Waals surface area contributed by atoms with Crippen LogP contribution < -0.4 is 5.32 Å². The van der Waals surface area contributed by atoms with Crippen LogP contribution in [0.3, 0.4) is 0 Å². The Bertz CT molecular complexity index is 507. The Balaban J connectivity index is 2.19. The average Bonchev–Trinajstić information content (AvgIpc) is 2.41. The summed E-state index contributed by atoms with van der Waals surface area (Å²) < 4.78 is 39.2. The SMILES string of the molecule is N#Cc1ccc(N[C@@H]2CCCC[C@]2(O)C(F)(F)F)cc1. The molecule has 1 fully saturated rings. The van der Waals surface area contributed by atoms with Crippen molar-refractivity contribution < 1.29 is 18.3 Å². The van der Waals surface area contributed by atoms with E-state index in [2.05, 4.69) is 5.32 Å². The number of rotatable bonds is 2. The molecule has 0 aromatic heterocycles. The summed E-state index contributed by atoms with van der Waals surface area (Å²) in [6, 6.07) is 7.02. The second-order valence-corrected chi connectivity index (χ2v) is 5.05. The van der Waals surface area contributed by atoms with Crippen molar-refractivity contribution in [1.29, 1.82) is 5.26 Å². The number of nitrogens with zero attached hydrogens (tertiary/aromatic N) is 1. The third kappa shape index (κ3) is 2.73. The van der Waals surface area contributed by atoms with Gasteiger partial charge in [0.05, 0.1) is 17.7 Å². The molecule has 0 saturated heterocycles. The molecule has 0 amide bonds. The van der Waals surface area contributed by atoms with Crippen LogP contribution in [0, 0.1) is 11.3 Å². The van der Waals surface area contributed by atoms with E-state index in [0.717, 1.165) is 0 Å². The third-order valence-electron chi connectivity index (χ3n) is 3.72. The second-order valence-electron chi connectivity index (χ2n) is 5.05. The van der Waals surface area contributed by atoms with Gasteiger partial charge in [-0.3, -0.25) is 0 Å². The van der Waals surface area contributed by atoms with Gasteiger partial charge in [-0.1, -0.05) is 12.8 Å². The van der Waals surface area contributed by atoms with E-state index in [4.69, 9.17) is 5.26 Å². The van der Waals surface area contributed by atoms with Crippen LogP contribution in [-0.2, 0) is 0 Å². The number of aliphatic hydroxyl groups is 1. The van der Waals surface area contributed by atoms with Gasteiger partial charge in [0.25, 0.3) is 0 Å². The zero-order valence-electron chi connectivity index (χ0n) is 10.7. The molecule has 2 atom stereocenters. The van der Waals surface area contributed by atoms with Crippen LogP contribution in [0.1, 0.15) is 31.2 Å². The summed E-state index contributed by atoms with van der Waals surface area (Å²) in [4.78, 5) is 0. The van der Waals surface area contributed by atoms with E-state index in [0.29, 0.717) is 24.1 Å². The maximum Gasteiger partial charge on any atom is 0.419 e. The van der Waals surface area contributed by atoms with Gasteiger partial charge in [0.1, 0.15) is 0 Å². The van der Waals surface area contributed by atoms with Gasteiger partial charge < -0.3 is 10.4 Å². The minimum absolute atomic E-state index is 0.260. The molecule has 1 saturated carbocycles. The van der Waals surface area contributed by atoms with Crippen molar-refractivity contribution in [3.8, 4) is 6.07 Å². The highest BCUT2D eigenvalue weighted by Gasteiger charge is 2.59. The largest absolute Gasteiger partial charge is 0.419 e. The molecule has 1 aliphatic rings. The summed E-state index contributed by atoms with van der Waals surface area (Å²) in [7, 11) is 0. The van der Waals surface area contributed by atoms with Gasteiger partial charge in [0, 0.05) is 5.69 Å². The number of nitriles is 1. The quantitative estimate of drug-likeness (QED) is 0.876. The molecule has 0 heterocycles. The molecule has 1 aromatic carbocycles. The minimum atomic E-state index is -4.66. The number of halogens is 3. The van der Waals surface area contributed by atoms with E-state index in [1.165, 1.54) is 12.1 Å². The molecule has 0 aliphatic heterocycles. The number of hydrogen-bond acceptors (Lipinski definition) is 3. The molecule has 2 N–H and O–H groups in total. The van der Waals surface area contributed by atoms with Gasteiger partial charge in [0.2, 0.25) is 0 Å². The van der Waals surface area contributed by atoms with E-state index in [1.807, 2.05) is 6.07 Å². The molecule has 6 heteroatoms. The van der Waals surface area contributed by atoms with E-state index >= 15 is 0 Å². The fourth-order valence-electron chi connectivity index (χ4n) is 2.53. The molecule has 1 aliphatic carbocycles. The van der Waals surface area contributed by atoms with Crippen LogP contribution in [0.25, 0.3) is 0 Å². The standard InChI is InChI=1S/C14H15F3N2O/c15-14(16,17)13(20)8-2-1-3-12(13)19-11-6-4-10(9-18)5-7-11/h4-7,12,19-20H,1-3,8H2/t12-,13-/m1/s1. The monoisotopic (exact) mass is 284 g/mol. The van der Waals surface area contributed by atoms with Crippen molar-refractivity contribution in [2.24, 2.45) is 0 Å². The fraction of sp³-hybridized carbons (Fsp3) is 0.500. The number of benzene rings is 1. The smallest absolute Gasteiger partial charge is 0.379 e. The molecule has 2 rings (SSSR count). The Morgan fingerprint density at radius 2 is 1.90 bits per heavy atom. The highest BCUT2D eigenvalue weighted by molar-refractivity contribution is 5.48. The first kappa shape index (κ1) is 14.7. The number of nitrogens with one attached hydrogen (secondary N) is 1. The normalized spacial score (nSPS) is 26.9. The second kappa shape index (κ2) is 5.33. The van der Waals surface area contributed by atoms with Crippen LogP contribution in [0.4, 0.5) is 18.9 Å². The van der Waals surface area contributed by atoms with Gasteiger partial charge in [-0.05, 0) is 37.1 Å². The van der Waals surface area contributed by atoms with Crippen molar-refractivity contribution in [1.82, 2.24) is 0 Å². The van der Waals surface area contributed by atoms with Gasteiger partial charge in [-0.15, -0.1) is 0 Å². The molecular formula is C14H15F3N2O. The summed E-state index contributed by atoms with van der Waals surface area (Å²) in [5.74, 6) is 0. The van der Waals surface area contributed by atoms with E-state index in [1.54, 1.807) is 12.1 Å². The van der Waals surface area contributed by atoms with Crippen LogP contribution in [-0.4, -0.2) is 22.9 Å². The van der Waals surface area contributed by atoms with Gasteiger partial charge in [-0.25, -0.2) is 0 Å². The first-order valence-electron chi connectivity index (χ1n) is 6.42. The van der Waals surface area contributed by atoms with Crippen LogP contribution in [0.15, 0.2) is 24.3 Å². The lowest BCUT2D eigenvalue weighted by Gasteiger charge is -2.41. The first-order chi connectivity index (χ1) is 9.37. The maximum atomic E-state index is 13.1. The molecule has 108 valence electrons. The molecular weight excluding hydrogens is 269 g/mol. The number of anilines is 1. The molecule has 20 heavy (non-hydrogen) atoms. The summed E-state index contributed by atoms with van der Waals surface area (Å²) in [6.07, 6.45) is -3.67. The number of hydrogen-bond donors (Lipinski definition) is 2. The zero-order valence-corrected chi connectivity index (χ0v) is 10.7. The van der Waals surface area contributed by atoms with Crippen LogP contribution in [0.5, 0.6) is 0 Å². The zero-order chi connectivity index (χ0) is 14.8. The van der Waals surface area contributed by atoms with Gasteiger partial charge in [0.15, 0.2) is 5.60 Å².